The number of esters is 1. The third-order valence-corrected chi connectivity index (χ3v) is 1.57. The van der Waals surface area contributed by atoms with E-state index in [0.717, 1.165) is 6.42 Å². The second-order valence-corrected chi connectivity index (χ2v) is 2.72. The molecule has 0 aliphatic rings. The van der Waals surface area contributed by atoms with Gasteiger partial charge in [0, 0.05) is 0 Å². The van der Waals surface area contributed by atoms with Gasteiger partial charge >= 0.3 is 5.97 Å². The van der Waals surface area contributed by atoms with Gasteiger partial charge in [-0.25, -0.2) is 4.79 Å². The van der Waals surface area contributed by atoms with Gasteiger partial charge in [0.1, 0.15) is 0 Å². The van der Waals surface area contributed by atoms with Crippen LogP contribution >= 0.6 is 0 Å². The van der Waals surface area contributed by atoms with Crippen molar-refractivity contribution in [2.45, 2.75) is 39.2 Å². The molecular formula is C10H18O3. The highest BCUT2D eigenvalue weighted by Gasteiger charge is 2.14. The molecule has 0 heterocycles. The van der Waals surface area contributed by atoms with Gasteiger partial charge < -0.3 is 9.84 Å². The number of carbonyl (C=O) groups excluding carboxylic acids is 1. The van der Waals surface area contributed by atoms with Crippen molar-refractivity contribution in [1.29, 1.82) is 0 Å². The van der Waals surface area contributed by atoms with E-state index in [-0.39, 0.29) is 0 Å². The summed E-state index contributed by atoms with van der Waals surface area (Å²) in [4.78, 5) is 10.9. The lowest BCUT2D eigenvalue weighted by molar-refractivity contribution is -0.153. The summed E-state index contributed by atoms with van der Waals surface area (Å²) in [6, 6.07) is 0. The summed E-state index contributed by atoms with van der Waals surface area (Å²) in [5, 5.41) is 9.24. The van der Waals surface area contributed by atoms with Crippen molar-refractivity contribution in [3.8, 4) is 0 Å². The van der Waals surface area contributed by atoms with E-state index in [1.165, 1.54) is 0 Å². The van der Waals surface area contributed by atoms with E-state index in [9.17, 15) is 9.90 Å². The molecule has 0 rings (SSSR count). The van der Waals surface area contributed by atoms with Gasteiger partial charge in [-0.2, -0.15) is 0 Å². The third kappa shape index (κ3) is 6.34. The molecule has 0 saturated heterocycles. The molecule has 0 radical (unpaired) electrons. The van der Waals surface area contributed by atoms with Crippen LogP contribution in [0.3, 0.4) is 0 Å². The van der Waals surface area contributed by atoms with Crippen LogP contribution in [0.2, 0.25) is 0 Å². The van der Waals surface area contributed by atoms with E-state index >= 15 is 0 Å². The fraction of sp³-hybridized carbons (Fsp3) is 0.700. The average molecular weight is 186 g/mol. The van der Waals surface area contributed by atoms with Crippen LogP contribution in [0.4, 0.5) is 0 Å². The van der Waals surface area contributed by atoms with Crippen LogP contribution < -0.4 is 0 Å². The number of hydrogen-bond donors (Lipinski definition) is 1. The van der Waals surface area contributed by atoms with Crippen LogP contribution in [0, 0.1) is 0 Å². The van der Waals surface area contributed by atoms with E-state index in [1.807, 2.05) is 19.1 Å². The van der Waals surface area contributed by atoms with Gasteiger partial charge in [-0.15, -0.1) is 0 Å². The van der Waals surface area contributed by atoms with Crippen molar-refractivity contribution in [2.24, 2.45) is 0 Å². The Labute approximate surface area is 79.4 Å². The minimum Gasteiger partial charge on any atom is -0.464 e. The smallest absolute Gasteiger partial charge is 0.334 e. The number of hydrogen-bond acceptors (Lipinski definition) is 3. The molecular weight excluding hydrogens is 168 g/mol. The maximum atomic E-state index is 10.9. The topological polar surface area (TPSA) is 46.5 Å². The van der Waals surface area contributed by atoms with Gasteiger partial charge in [-0.05, 0) is 26.2 Å². The lowest BCUT2D eigenvalue weighted by Crippen LogP contribution is -2.22. The van der Waals surface area contributed by atoms with Crippen molar-refractivity contribution in [1.82, 2.24) is 0 Å². The lowest BCUT2D eigenvalue weighted by atomic mass is 10.2. The van der Waals surface area contributed by atoms with Gasteiger partial charge in [0.05, 0.1) is 6.61 Å². The molecule has 0 aromatic rings. The van der Waals surface area contributed by atoms with E-state index in [1.54, 1.807) is 6.92 Å². The maximum absolute atomic E-state index is 10.9. The summed E-state index contributed by atoms with van der Waals surface area (Å²) >= 11 is 0. The third-order valence-electron chi connectivity index (χ3n) is 1.57. The molecule has 0 bridgehead atoms. The average Bonchev–Trinajstić information content (AvgIpc) is 2.12. The normalized spacial score (nSPS) is 13.2. The highest BCUT2D eigenvalue weighted by atomic mass is 16.5. The van der Waals surface area contributed by atoms with Gasteiger partial charge in [0.25, 0.3) is 0 Å². The first-order valence-electron chi connectivity index (χ1n) is 4.72. The minimum atomic E-state index is -0.971. The zero-order valence-electron chi connectivity index (χ0n) is 8.32. The first kappa shape index (κ1) is 12.2. The summed E-state index contributed by atoms with van der Waals surface area (Å²) in [6.45, 7) is 4.08. The number of ether oxygens (including phenoxy) is 1. The molecule has 1 atom stereocenters. The lowest BCUT2D eigenvalue weighted by Gasteiger charge is -2.07. The summed E-state index contributed by atoms with van der Waals surface area (Å²) in [5.74, 6) is -0.521. The molecule has 0 aromatic carbocycles. The van der Waals surface area contributed by atoms with Crippen LogP contribution in [-0.4, -0.2) is 23.8 Å². The summed E-state index contributed by atoms with van der Waals surface area (Å²) in [7, 11) is 0. The Morgan fingerprint density at radius 1 is 1.46 bits per heavy atom. The van der Waals surface area contributed by atoms with Crippen LogP contribution in [-0.2, 0) is 9.53 Å². The Morgan fingerprint density at radius 3 is 2.69 bits per heavy atom. The van der Waals surface area contributed by atoms with Crippen molar-refractivity contribution in [3.63, 3.8) is 0 Å². The molecule has 0 aromatic heterocycles. The zero-order valence-corrected chi connectivity index (χ0v) is 8.32. The Bertz CT molecular complexity index is 164. The van der Waals surface area contributed by atoms with Gasteiger partial charge in [-0.3, -0.25) is 0 Å². The van der Waals surface area contributed by atoms with Gasteiger partial charge in [0.15, 0.2) is 6.10 Å². The Morgan fingerprint density at radius 2 is 2.15 bits per heavy atom. The number of aliphatic hydroxyl groups excluding tert-OH is 1. The van der Waals surface area contributed by atoms with Crippen LogP contribution in [0.25, 0.3) is 0 Å². The predicted octanol–water partition coefficient (Wildman–Crippen LogP) is 1.66. The molecule has 0 saturated carbocycles. The molecule has 1 N–H and O–H groups in total. The van der Waals surface area contributed by atoms with E-state index in [4.69, 9.17) is 0 Å². The van der Waals surface area contributed by atoms with Crippen LogP contribution in [0.1, 0.15) is 33.1 Å². The molecule has 3 nitrogen and oxygen atoms in total. The van der Waals surface area contributed by atoms with E-state index < -0.39 is 12.1 Å². The van der Waals surface area contributed by atoms with Crippen molar-refractivity contribution in [3.05, 3.63) is 12.2 Å². The SMILES string of the molecule is CC/C=C\CC[C@@H](O)C(=O)OCC. The summed E-state index contributed by atoms with van der Waals surface area (Å²) in [5.41, 5.74) is 0. The van der Waals surface area contributed by atoms with Crippen LogP contribution in [0.15, 0.2) is 12.2 Å². The molecule has 0 fully saturated rings. The van der Waals surface area contributed by atoms with Gasteiger partial charge in [0.2, 0.25) is 0 Å². The number of aliphatic hydroxyl groups is 1. The number of allylic oxidation sites excluding steroid dienone is 2. The van der Waals surface area contributed by atoms with Gasteiger partial charge in [-0.1, -0.05) is 19.1 Å². The highest BCUT2D eigenvalue weighted by Crippen LogP contribution is 2.01. The summed E-state index contributed by atoms with van der Waals surface area (Å²) in [6.07, 6.45) is 5.14. The minimum absolute atomic E-state index is 0.320. The Hall–Kier alpha value is -0.830. The van der Waals surface area contributed by atoms with E-state index in [2.05, 4.69) is 4.74 Å². The second kappa shape index (κ2) is 7.80. The second-order valence-electron chi connectivity index (χ2n) is 2.72. The molecule has 0 aliphatic heterocycles. The molecule has 0 spiro atoms. The van der Waals surface area contributed by atoms with Crippen molar-refractivity contribution in [2.75, 3.05) is 6.61 Å². The molecule has 0 aliphatic carbocycles. The van der Waals surface area contributed by atoms with E-state index in [0.29, 0.717) is 19.4 Å². The highest BCUT2D eigenvalue weighted by molar-refractivity contribution is 5.74. The molecule has 0 unspecified atom stereocenters. The fourth-order valence-corrected chi connectivity index (χ4v) is 0.895. The Balaban J connectivity index is 3.55. The standard InChI is InChI=1S/C10H18O3/c1-3-5-6-7-8-9(11)10(12)13-4-2/h5-6,9,11H,3-4,7-8H2,1-2H3/b6-5-/t9-/m1/s1. The number of carbonyl (C=O) groups is 1. The summed E-state index contributed by atoms with van der Waals surface area (Å²) < 4.78 is 4.65. The predicted molar refractivity (Wildman–Crippen MR) is 51.3 cm³/mol. The van der Waals surface area contributed by atoms with Crippen molar-refractivity contribution < 1.29 is 14.6 Å². The molecule has 0 amide bonds. The first-order valence-corrected chi connectivity index (χ1v) is 4.72. The van der Waals surface area contributed by atoms with Crippen LogP contribution in [0.5, 0.6) is 0 Å². The largest absolute Gasteiger partial charge is 0.464 e. The molecule has 3 heteroatoms. The fourth-order valence-electron chi connectivity index (χ4n) is 0.895. The quantitative estimate of drug-likeness (QED) is 0.507. The van der Waals surface area contributed by atoms with Crippen molar-refractivity contribution >= 4 is 5.97 Å². The monoisotopic (exact) mass is 186 g/mol. The Kier molecular flexibility index (Phi) is 7.30. The molecule has 76 valence electrons. The molecule has 13 heavy (non-hydrogen) atoms. The zero-order chi connectivity index (χ0) is 10.1. The number of rotatable bonds is 6. The maximum Gasteiger partial charge on any atom is 0.334 e. The first-order chi connectivity index (χ1) is 6.22.